The zero-order valence-electron chi connectivity index (χ0n) is 24.4. The molecule has 5 aromatic rings. The van der Waals surface area contributed by atoms with Gasteiger partial charge in [-0.1, -0.05) is 6.07 Å². The van der Waals surface area contributed by atoms with E-state index in [1.54, 1.807) is 12.3 Å². The van der Waals surface area contributed by atoms with E-state index in [4.69, 9.17) is 9.72 Å². The molecule has 0 aliphatic carbocycles. The van der Waals surface area contributed by atoms with E-state index < -0.39 is 0 Å². The Morgan fingerprint density at radius 2 is 1.72 bits per heavy atom. The molecule has 0 spiro atoms. The highest BCUT2D eigenvalue weighted by atomic mass is 16.5. The number of hydrogen-bond acceptors (Lipinski definition) is 6. The van der Waals surface area contributed by atoms with Crippen molar-refractivity contribution in [1.29, 1.82) is 0 Å². The lowest BCUT2D eigenvalue weighted by Gasteiger charge is -2.32. The van der Waals surface area contributed by atoms with E-state index in [0.717, 1.165) is 61.7 Å². The molecular weight excluding hydrogens is 542 g/mol. The van der Waals surface area contributed by atoms with E-state index in [0.29, 0.717) is 47.6 Å². The zero-order valence-corrected chi connectivity index (χ0v) is 24.4. The van der Waals surface area contributed by atoms with Gasteiger partial charge in [0, 0.05) is 56.4 Å². The maximum absolute atomic E-state index is 13.9. The van der Waals surface area contributed by atoms with Crippen LogP contribution in [0.4, 0.5) is 0 Å². The Kier molecular flexibility index (Phi) is 7.26. The van der Waals surface area contributed by atoms with Crippen LogP contribution >= 0.6 is 0 Å². The Bertz CT molecular complexity index is 1780. The van der Waals surface area contributed by atoms with E-state index in [1.807, 2.05) is 75.0 Å². The number of carbonyl (C=O) groups is 2. The summed E-state index contributed by atoms with van der Waals surface area (Å²) < 4.78 is 10.0. The van der Waals surface area contributed by atoms with Gasteiger partial charge in [-0.15, -0.1) is 0 Å². The molecule has 7 rings (SSSR count). The van der Waals surface area contributed by atoms with Gasteiger partial charge in [-0.3, -0.25) is 19.0 Å². The summed E-state index contributed by atoms with van der Waals surface area (Å²) >= 11 is 0. The summed E-state index contributed by atoms with van der Waals surface area (Å²) in [6.07, 6.45) is 10.4. The summed E-state index contributed by atoms with van der Waals surface area (Å²) in [7, 11) is 1.92. The number of likely N-dealkylation sites (tertiary alicyclic amines) is 2. The normalized spacial score (nSPS) is 16.2. The third-order valence-corrected chi connectivity index (χ3v) is 8.74. The number of rotatable bonds is 6. The number of fused-ring (bicyclic) bond motifs is 2. The first-order valence-corrected chi connectivity index (χ1v) is 15.1. The van der Waals surface area contributed by atoms with Crippen molar-refractivity contribution >= 4 is 33.6 Å². The summed E-state index contributed by atoms with van der Waals surface area (Å²) in [6.45, 7) is 3.07. The van der Waals surface area contributed by atoms with Crippen LogP contribution in [0.5, 0.6) is 5.75 Å². The van der Waals surface area contributed by atoms with Crippen LogP contribution in [0, 0.1) is 0 Å². The summed E-state index contributed by atoms with van der Waals surface area (Å²) in [4.78, 5) is 36.1. The fourth-order valence-corrected chi connectivity index (χ4v) is 6.31. The molecular formula is C33H35N7O3. The largest absolute Gasteiger partial charge is 0.489 e. The number of amides is 2. The van der Waals surface area contributed by atoms with Crippen molar-refractivity contribution in [3.63, 3.8) is 0 Å². The number of carbonyl (C=O) groups excluding carboxylic acids is 2. The van der Waals surface area contributed by atoms with Gasteiger partial charge >= 0.3 is 0 Å². The van der Waals surface area contributed by atoms with E-state index in [2.05, 4.69) is 16.3 Å². The highest BCUT2D eigenvalue weighted by molar-refractivity contribution is 6.09. The highest BCUT2D eigenvalue weighted by Gasteiger charge is 2.28. The number of benzene rings is 2. The molecule has 3 aromatic heterocycles. The average molecular weight is 578 g/mol. The highest BCUT2D eigenvalue weighted by Crippen LogP contribution is 2.29. The second-order valence-electron chi connectivity index (χ2n) is 11.5. The Hall–Kier alpha value is -4.73. The van der Waals surface area contributed by atoms with E-state index in [9.17, 15) is 9.59 Å². The van der Waals surface area contributed by atoms with Crippen molar-refractivity contribution in [2.45, 2.75) is 44.8 Å². The molecule has 2 amide bonds. The second-order valence-corrected chi connectivity index (χ2v) is 11.5. The molecule has 2 aromatic carbocycles. The molecule has 0 saturated carbocycles. The lowest BCUT2D eigenvalue weighted by atomic mass is 10.0. The third kappa shape index (κ3) is 5.45. The molecule has 0 radical (unpaired) electrons. The van der Waals surface area contributed by atoms with Gasteiger partial charge in [0.1, 0.15) is 18.1 Å². The first-order chi connectivity index (χ1) is 21.0. The topological polar surface area (TPSA) is 98.4 Å². The average Bonchev–Trinajstić information content (AvgIpc) is 3.73. The number of aromatic nitrogens is 5. The fourth-order valence-electron chi connectivity index (χ4n) is 6.31. The summed E-state index contributed by atoms with van der Waals surface area (Å²) in [5.74, 6) is 0.449. The van der Waals surface area contributed by atoms with Gasteiger partial charge < -0.3 is 14.5 Å². The van der Waals surface area contributed by atoms with Gasteiger partial charge in [-0.2, -0.15) is 10.2 Å². The minimum absolute atomic E-state index is 0.0577. The SMILES string of the molecule is Cn1ncc2cc(COc3ccc4nc(C(=O)N5CCC(n6cccn6)CC5)cc(C(=O)N5CCCCC5)c4c3)ccc21. The zero-order chi connectivity index (χ0) is 29.3. The molecule has 2 aliphatic rings. The van der Waals surface area contributed by atoms with Crippen molar-refractivity contribution < 1.29 is 14.3 Å². The number of ether oxygens (including phenoxy) is 1. The van der Waals surface area contributed by atoms with Crippen LogP contribution in [0.1, 0.15) is 64.6 Å². The Morgan fingerprint density at radius 3 is 2.51 bits per heavy atom. The second kappa shape index (κ2) is 11.5. The maximum atomic E-state index is 13.9. The van der Waals surface area contributed by atoms with E-state index in [-0.39, 0.29) is 17.9 Å². The van der Waals surface area contributed by atoms with Crippen LogP contribution in [0.2, 0.25) is 0 Å². The van der Waals surface area contributed by atoms with Gasteiger partial charge in [0.15, 0.2) is 0 Å². The van der Waals surface area contributed by atoms with Crippen molar-refractivity contribution in [1.82, 2.24) is 34.3 Å². The van der Waals surface area contributed by atoms with Gasteiger partial charge in [0.05, 0.1) is 28.8 Å². The van der Waals surface area contributed by atoms with E-state index >= 15 is 0 Å². The molecule has 2 fully saturated rings. The third-order valence-electron chi connectivity index (χ3n) is 8.74. The first-order valence-electron chi connectivity index (χ1n) is 15.1. The van der Waals surface area contributed by atoms with Crippen LogP contribution in [-0.4, -0.2) is 72.3 Å². The molecule has 43 heavy (non-hydrogen) atoms. The lowest BCUT2D eigenvalue weighted by Crippen LogP contribution is -2.40. The summed E-state index contributed by atoms with van der Waals surface area (Å²) in [6, 6.07) is 15.6. The minimum Gasteiger partial charge on any atom is -0.489 e. The molecule has 0 N–H and O–H groups in total. The van der Waals surface area contributed by atoms with Crippen LogP contribution < -0.4 is 4.74 Å². The molecule has 0 bridgehead atoms. The smallest absolute Gasteiger partial charge is 0.272 e. The Balaban J connectivity index is 1.16. The maximum Gasteiger partial charge on any atom is 0.272 e. The number of pyridine rings is 1. The van der Waals surface area contributed by atoms with Crippen LogP contribution in [0.25, 0.3) is 21.8 Å². The standard InChI is InChI=1S/C33H35N7O3/c1-37-31-9-6-23(18-24(31)21-35-37)22-43-26-7-8-29-27(19-26)28(32(41)38-13-3-2-4-14-38)20-30(36-29)33(42)39-16-10-25(11-17-39)40-15-5-12-34-40/h5-9,12,15,18-21,25H,2-4,10-11,13-14,16-17,22H2,1H3. The minimum atomic E-state index is -0.139. The number of hydrogen-bond donors (Lipinski definition) is 0. The van der Waals surface area contributed by atoms with Crippen molar-refractivity contribution in [2.24, 2.45) is 7.05 Å². The Morgan fingerprint density at radius 1 is 0.907 bits per heavy atom. The molecule has 5 heterocycles. The van der Waals surface area contributed by atoms with Crippen LogP contribution in [0.15, 0.2) is 67.1 Å². The summed E-state index contributed by atoms with van der Waals surface area (Å²) in [5.41, 5.74) is 3.52. The molecule has 10 nitrogen and oxygen atoms in total. The predicted octanol–water partition coefficient (Wildman–Crippen LogP) is 5.00. The molecule has 0 atom stereocenters. The molecule has 2 saturated heterocycles. The fraction of sp³-hybridized carbons (Fsp3) is 0.364. The quantitative estimate of drug-likeness (QED) is 0.282. The molecule has 0 unspecified atom stereocenters. The monoisotopic (exact) mass is 577 g/mol. The predicted molar refractivity (Wildman–Crippen MR) is 163 cm³/mol. The van der Waals surface area contributed by atoms with Crippen LogP contribution in [0.3, 0.4) is 0 Å². The number of nitrogens with zero attached hydrogens (tertiary/aromatic N) is 7. The van der Waals surface area contributed by atoms with Crippen molar-refractivity contribution in [3.05, 3.63) is 83.9 Å². The number of piperidine rings is 2. The molecule has 220 valence electrons. The lowest BCUT2D eigenvalue weighted by molar-refractivity contribution is 0.0684. The summed E-state index contributed by atoms with van der Waals surface area (Å²) in [5, 5.41) is 10.4. The van der Waals surface area contributed by atoms with Gasteiger partial charge in [-0.05, 0) is 80.1 Å². The van der Waals surface area contributed by atoms with Gasteiger partial charge in [0.25, 0.3) is 11.8 Å². The molecule has 2 aliphatic heterocycles. The number of aryl methyl sites for hydroxylation is 1. The Labute approximate surface area is 249 Å². The van der Waals surface area contributed by atoms with Crippen molar-refractivity contribution in [3.8, 4) is 5.75 Å². The van der Waals surface area contributed by atoms with E-state index in [1.165, 1.54) is 0 Å². The first kappa shape index (κ1) is 27.1. The van der Waals surface area contributed by atoms with Crippen molar-refractivity contribution in [2.75, 3.05) is 26.2 Å². The van der Waals surface area contributed by atoms with Crippen LogP contribution in [-0.2, 0) is 13.7 Å². The molecule has 10 heteroatoms. The van der Waals surface area contributed by atoms with Gasteiger partial charge in [0.2, 0.25) is 0 Å². The van der Waals surface area contributed by atoms with Gasteiger partial charge in [-0.25, -0.2) is 4.98 Å².